The van der Waals surface area contributed by atoms with Crippen LogP contribution in [0.25, 0.3) is 11.1 Å². The number of benzene rings is 4. The first-order chi connectivity index (χ1) is 23.0. The average Bonchev–Trinajstić information content (AvgIpc) is 3.12. The lowest BCUT2D eigenvalue weighted by Gasteiger charge is -2.45. The Kier molecular flexibility index (Phi) is 8.60. The fraction of sp³-hybridized carbons (Fsp3) is 0.184. The van der Waals surface area contributed by atoms with Crippen molar-refractivity contribution in [3.63, 3.8) is 0 Å². The molecule has 7 nitrogen and oxygen atoms in total. The van der Waals surface area contributed by atoms with E-state index in [4.69, 9.17) is 4.99 Å². The summed E-state index contributed by atoms with van der Waals surface area (Å²) >= 11 is 0. The summed E-state index contributed by atoms with van der Waals surface area (Å²) in [6.07, 6.45) is 3.81. The Morgan fingerprint density at radius 2 is 1.30 bits per heavy atom. The van der Waals surface area contributed by atoms with Crippen molar-refractivity contribution in [1.29, 1.82) is 0 Å². The summed E-state index contributed by atoms with van der Waals surface area (Å²) in [6.45, 7) is 3.42. The Balaban J connectivity index is 1.21. The Bertz CT molecular complexity index is 1860. The van der Waals surface area contributed by atoms with Crippen molar-refractivity contribution in [2.75, 3.05) is 36.0 Å². The van der Waals surface area contributed by atoms with E-state index in [1.54, 1.807) is 24.3 Å². The summed E-state index contributed by atoms with van der Waals surface area (Å²) in [5.41, 5.74) is 6.55. The van der Waals surface area contributed by atoms with E-state index in [2.05, 4.69) is 25.0 Å². The zero-order valence-corrected chi connectivity index (χ0v) is 25.8. The Labute approximate surface area is 272 Å². The van der Waals surface area contributed by atoms with Crippen molar-refractivity contribution in [3.05, 3.63) is 144 Å². The number of guanidine groups is 1. The summed E-state index contributed by atoms with van der Waals surface area (Å²) in [5.74, 6) is 0.0888. The van der Waals surface area contributed by atoms with Crippen LogP contribution in [-0.2, 0) is 11.3 Å². The molecule has 5 aromatic rings. The maximum atomic E-state index is 13.6. The molecule has 0 bridgehead atoms. The number of piperazine rings is 1. The first kappa shape index (κ1) is 30.1. The van der Waals surface area contributed by atoms with E-state index in [-0.39, 0.29) is 30.0 Å². The molecule has 1 atom stereocenters. The Morgan fingerprint density at radius 3 is 1.98 bits per heavy atom. The number of anilines is 2. The second-order valence-electron chi connectivity index (χ2n) is 11.7. The fourth-order valence-electron chi connectivity index (χ4n) is 6.26. The first-order valence-corrected chi connectivity index (χ1v) is 15.8. The number of amides is 1. The molecule has 47 heavy (non-hydrogen) atoms. The second kappa shape index (κ2) is 13.4. The van der Waals surface area contributed by atoms with Crippen molar-refractivity contribution >= 4 is 28.9 Å². The van der Waals surface area contributed by atoms with Gasteiger partial charge >= 0.3 is 0 Å². The lowest BCUT2D eigenvalue weighted by atomic mass is 9.96. The minimum atomic E-state index is -0.332. The van der Waals surface area contributed by atoms with Gasteiger partial charge in [0.25, 0.3) is 0 Å². The third-order valence-electron chi connectivity index (χ3n) is 8.74. The topological polar surface area (TPSA) is 64.1 Å². The van der Waals surface area contributed by atoms with Crippen LogP contribution in [-0.4, -0.2) is 47.9 Å². The highest BCUT2D eigenvalue weighted by molar-refractivity contribution is 6.01. The molecule has 0 radical (unpaired) electrons. The molecule has 1 fully saturated rings. The minimum absolute atomic E-state index is 0.120. The van der Waals surface area contributed by atoms with E-state index in [1.165, 1.54) is 24.3 Å². The van der Waals surface area contributed by atoms with Crippen LogP contribution in [0.15, 0.2) is 127 Å². The molecule has 1 N–H and O–H groups in total. The highest BCUT2D eigenvalue weighted by Crippen LogP contribution is 2.41. The Morgan fingerprint density at radius 1 is 0.702 bits per heavy atom. The third kappa shape index (κ3) is 6.70. The predicted octanol–water partition coefficient (Wildman–Crippen LogP) is 7.10. The van der Waals surface area contributed by atoms with Gasteiger partial charge in [0.1, 0.15) is 11.6 Å². The molecule has 9 heteroatoms. The number of carbonyl (C=O) groups excluding carboxylic acids is 1. The average molecular weight is 629 g/mol. The van der Waals surface area contributed by atoms with Gasteiger partial charge in [0.15, 0.2) is 0 Å². The zero-order valence-electron chi connectivity index (χ0n) is 25.8. The van der Waals surface area contributed by atoms with Gasteiger partial charge in [-0.05, 0) is 71.3 Å². The molecule has 1 amide bonds. The number of aliphatic imine (C=N–C) groups is 1. The quantitative estimate of drug-likeness (QED) is 0.208. The maximum Gasteiger partial charge on any atom is 0.222 e. The summed E-state index contributed by atoms with van der Waals surface area (Å²) in [7, 11) is 0. The number of nitrogens with zero attached hydrogens (tertiary/aromatic N) is 5. The van der Waals surface area contributed by atoms with Gasteiger partial charge in [0.05, 0.1) is 18.2 Å². The molecular formula is C38H34F2N6O. The molecular weight excluding hydrogens is 594 g/mol. The van der Waals surface area contributed by atoms with Crippen LogP contribution in [0.3, 0.4) is 0 Å². The van der Waals surface area contributed by atoms with Crippen LogP contribution >= 0.6 is 0 Å². The van der Waals surface area contributed by atoms with Gasteiger partial charge in [-0.25, -0.2) is 13.8 Å². The Hall–Kier alpha value is -5.57. The lowest BCUT2D eigenvalue weighted by molar-refractivity contribution is -0.121. The van der Waals surface area contributed by atoms with Crippen LogP contribution in [0, 0.1) is 11.6 Å². The van der Waals surface area contributed by atoms with Crippen molar-refractivity contribution < 1.29 is 13.6 Å². The van der Waals surface area contributed by atoms with Crippen molar-refractivity contribution in [3.8, 4) is 11.1 Å². The van der Waals surface area contributed by atoms with Gasteiger partial charge in [0, 0.05) is 62.1 Å². The highest BCUT2D eigenvalue weighted by Gasteiger charge is 2.36. The predicted molar refractivity (Wildman–Crippen MR) is 181 cm³/mol. The van der Waals surface area contributed by atoms with Gasteiger partial charge in [0.2, 0.25) is 11.9 Å². The number of nitrogens with one attached hydrogen (secondary N) is 1. The number of hydrogen-bond donors (Lipinski definition) is 1. The normalized spacial score (nSPS) is 16.0. The summed E-state index contributed by atoms with van der Waals surface area (Å²) in [4.78, 5) is 29.8. The standard InChI is InChI=1S/C38H34F2N6O/c39-30-11-5-27(6-12-30)26-42-37(47)25-36-34-3-1-2-4-35(34)43-38(45-23-21-44(22-24-45)32-17-19-41-20-18-32)46(36)33-15-9-29(10-16-33)28-7-13-31(40)14-8-28/h1-20,36H,21-26H2,(H,42,47). The molecule has 2 aliphatic rings. The first-order valence-electron chi connectivity index (χ1n) is 15.8. The third-order valence-corrected chi connectivity index (χ3v) is 8.74. The molecule has 0 aliphatic carbocycles. The molecule has 7 rings (SSSR count). The smallest absolute Gasteiger partial charge is 0.222 e. The van der Waals surface area contributed by atoms with Crippen molar-refractivity contribution in [2.45, 2.75) is 19.0 Å². The number of fused-ring (bicyclic) bond motifs is 1. The van der Waals surface area contributed by atoms with Crippen molar-refractivity contribution in [1.82, 2.24) is 15.2 Å². The van der Waals surface area contributed by atoms with Crippen LogP contribution in [0.1, 0.15) is 23.6 Å². The molecule has 1 unspecified atom stereocenters. The number of carbonyl (C=O) groups is 1. The highest BCUT2D eigenvalue weighted by atomic mass is 19.1. The summed E-state index contributed by atoms with van der Waals surface area (Å²) < 4.78 is 27.1. The SMILES string of the molecule is O=C(CC1c2ccccc2N=C(N2CCN(c3ccncc3)CC2)N1c1ccc(-c2ccc(F)cc2)cc1)NCc1ccc(F)cc1. The second-order valence-corrected chi connectivity index (χ2v) is 11.7. The fourth-order valence-corrected chi connectivity index (χ4v) is 6.26. The van der Waals surface area contributed by atoms with E-state index in [0.29, 0.717) is 6.54 Å². The van der Waals surface area contributed by atoms with Gasteiger partial charge in [-0.15, -0.1) is 0 Å². The molecule has 4 aromatic carbocycles. The van der Waals surface area contributed by atoms with E-state index in [0.717, 1.165) is 71.5 Å². The molecule has 1 saturated heterocycles. The number of hydrogen-bond acceptors (Lipinski definition) is 6. The van der Waals surface area contributed by atoms with Crippen LogP contribution < -0.4 is 15.1 Å². The lowest BCUT2D eigenvalue weighted by Crippen LogP contribution is -2.55. The molecule has 3 heterocycles. The monoisotopic (exact) mass is 628 g/mol. The van der Waals surface area contributed by atoms with Gasteiger partial charge < -0.3 is 20.0 Å². The largest absolute Gasteiger partial charge is 0.368 e. The molecule has 2 aliphatic heterocycles. The van der Waals surface area contributed by atoms with E-state index >= 15 is 0 Å². The molecule has 0 saturated carbocycles. The minimum Gasteiger partial charge on any atom is -0.368 e. The summed E-state index contributed by atoms with van der Waals surface area (Å²) in [5, 5.41) is 3.04. The van der Waals surface area contributed by atoms with Gasteiger partial charge in [-0.1, -0.05) is 54.6 Å². The van der Waals surface area contributed by atoms with E-state index < -0.39 is 0 Å². The van der Waals surface area contributed by atoms with E-state index in [9.17, 15) is 13.6 Å². The number of aromatic nitrogens is 1. The van der Waals surface area contributed by atoms with Crippen LogP contribution in [0.4, 0.5) is 25.8 Å². The molecule has 1 aromatic heterocycles. The van der Waals surface area contributed by atoms with Crippen molar-refractivity contribution in [2.24, 2.45) is 4.99 Å². The molecule has 0 spiro atoms. The number of pyridine rings is 1. The van der Waals surface area contributed by atoms with Gasteiger partial charge in [-0.3, -0.25) is 9.78 Å². The number of rotatable bonds is 7. The summed E-state index contributed by atoms with van der Waals surface area (Å²) in [6, 6.07) is 32.4. The van der Waals surface area contributed by atoms with E-state index in [1.807, 2.05) is 73.1 Å². The zero-order chi connectivity index (χ0) is 32.2. The molecule has 236 valence electrons. The van der Waals surface area contributed by atoms with Crippen LogP contribution in [0.2, 0.25) is 0 Å². The van der Waals surface area contributed by atoms with Gasteiger partial charge in [-0.2, -0.15) is 0 Å². The number of para-hydroxylation sites is 1. The maximum absolute atomic E-state index is 13.6. The number of halogens is 2. The van der Waals surface area contributed by atoms with Crippen LogP contribution in [0.5, 0.6) is 0 Å².